The summed E-state index contributed by atoms with van der Waals surface area (Å²) in [6.07, 6.45) is -3.08. The van der Waals surface area contributed by atoms with Crippen molar-refractivity contribution >= 4 is 17.5 Å². The summed E-state index contributed by atoms with van der Waals surface area (Å²) in [5, 5.41) is 13.5. The monoisotopic (exact) mass is 375 g/mol. The minimum Gasteiger partial charge on any atom is -0.497 e. The predicted molar refractivity (Wildman–Crippen MR) is 94.9 cm³/mol. The van der Waals surface area contributed by atoms with Crippen molar-refractivity contribution in [3.8, 4) is 5.75 Å². The lowest BCUT2D eigenvalue weighted by Crippen LogP contribution is -2.07. The molecule has 1 aromatic heterocycles. The van der Waals surface area contributed by atoms with Gasteiger partial charge in [0.05, 0.1) is 18.9 Å². The number of hydrogen-bond donors (Lipinski definition) is 2. The highest BCUT2D eigenvalue weighted by Gasteiger charge is 2.30. The Morgan fingerprint density at radius 1 is 1.07 bits per heavy atom. The van der Waals surface area contributed by atoms with Gasteiger partial charge < -0.3 is 15.4 Å². The average Bonchev–Trinajstić information content (AvgIpc) is 2.67. The predicted octanol–water partition coefficient (Wildman–Crippen LogP) is 4.25. The molecule has 0 unspecified atom stereocenters. The Labute approximate surface area is 153 Å². The minimum atomic E-state index is -4.41. The Morgan fingerprint density at radius 2 is 1.85 bits per heavy atom. The highest BCUT2D eigenvalue weighted by molar-refractivity contribution is 5.57. The van der Waals surface area contributed by atoms with Crippen molar-refractivity contribution in [3.63, 3.8) is 0 Å². The fraction of sp³-hybridized carbons (Fsp3) is 0.167. The van der Waals surface area contributed by atoms with E-state index < -0.39 is 11.7 Å². The molecule has 0 spiro atoms. The van der Waals surface area contributed by atoms with Crippen molar-refractivity contribution < 1.29 is 17.9 Å². The summed E-state index contributed by atoms with van der Waals surface area (Å²) in [6, 6.07) is 12.3. The zero-order valence-corrected chi connectivity index (χ0v) is 14.3. The zero-order chi connectivity index (χ0) is 19.3. The molecule has 0 aliphatic heterocycles. The maximum absolute atomic E-state index is 12.8. The lowest BCUT2D eigenvalue weighted by Gasteiger charge is -2.10. The van der Waals surface area contributed by atoms with Crippen molar-refractivity contribution in [2.45, 2.75) is 12.7 Å². The minimum absolute atomic E-state index is 0.253. The summed E-state index contributed by atoms with van der Waals surface area (Å²) < 4.78 is 43.5. The van der Waals surface area contributed by atoms with E-state index in [4.69, 9.17) is 4.74 Å². The summed E-state index contributed by atoms with van der Waals surface area (Å²) in [5.74, 6) is 1.29. The second-order valence-corrected chi connectivity index (χ2v) is 5.57. The van der Waals surface area contributed by atoms with Crippen LogP contribution in [-0.4, -0.2) is 22.3 Å². The molecule has 140 valence electrons. The second-order valence-electron chi connectivity index (χ2n) is 5.57. The number of anilines is 3. The van der Waals surface area contributed by atoms with Gasteiger partial charge in [-0.25, -0.2) is 0 Å². The van der Waals surface area contributed by atoms with Crippen LogP contribution in [0, 0.1) is 0 Å². The number of halogens is 3. The van der Waals surface area contributed by atoms with Crippen LogP contribution in [0.15, 0.2) is 54.7 Å². The third-order valence-corrected chi connectivity index (χ3v) is 3.63. The Morgan fingerprint density at radius 3 is 2.56 bits per heavy atom. The van der Waals surface area contributed by atoms with E-state index >= 15 is 0 Å². The first kappa shape index (κ1) is 18.4. The van der Waals surface area contributed by atoms with E-state index in [-0.39, 0.29) is 17.5 Å². The Kier molecular flexibility index (Phi) is 5.39. The number of aromatic nitrogens is 3. The van der Waals surface area contributed by atoms with E-state index in [0.29, 0.717) is 6.54 Å². The van der Waals surface area contributed by atoms with Gasteiger partial charge in [-0.3, -0.25) is 0 Å². The van der Waals surface area contributed by atoms with Gasteiger partial charge in [0.15, 0.2) is 5.82 Å². The maximum Gasteiger partial charge on any atom is 0.416 e. The molecule has 0 atom stereocenters. The molecular weight excluding hydrogens is 359 g/mol. The number of hydrogen-bond acceptors (Lipinski definition) is 6. The van der Waals surface area contributed by atoms with Crippen LogP contribution in [-0.2, 0) is 12.7 Å². The van der Waals surface area contributed by atoms with Crippen LogP contribution >= 0.6 is 0 Å². The number of methoxy groups -OCH3 is 1. The quantitative estimate of drug-likeness (QED) is 0.671. The highest BCUT2D eigenvalue weighted by Crippen LogP contribution is 2.31. The van der Waals surface area contributed by atoms with Gasteiger partial charge in [-0.1, -0.05) is 18.2 Å². The van der Waals surface area contributed by atoms with Crippen molar-refractivity contribution in [2.24, 2.45) is 0 Å². The molecule has 0 bridgehead atoms. The van der Waals surface area contributed by atoms with E-state index in [1.165, 1.54) is 18.3 Å². The van der Waals surface area contributed by atoms with Crippen LogP contribution in [0.3, 0.4) is 0 Å². The molecule has 0 amide bonds. The largest absolute Gasteiger partial charge is 0.497 e. The molecule has 0 radical (unpaired) electrons. The summed E-state index contributed by atoms with van der Waals surface area (Å²) in [5.41, 5.74) is 0.495. The van der Waals surface area contributed by atoms with Crippen molar-refractivity contribution in [1.29, 1.82) is 0 Å². The normalized spacial score (nSPS) is 11.1. The van der Waals surface area contributed by atoms with E-state index in [1.54, 1.807) is 7.11 Å². The average molecular weight is 375 g/mol. The number of nitrogens with zero attached hydrogens (tertiary/aromatic N) is 3. The number of alkyl halides is 3. The van der Waals surface area contributed by atoms with Gasteiger partial charge in [-0.15, -0.1) is 5.10 Å². The van der Waals surface area contributed by atoms with E-state index in [9.17, 15) is 13.2 Å². The molecule has 0 saturated carbocycles. The summed E-state index contributed by atoms with van der Waals surface area (Å²) in [7, 11) is 1.59. The number of nitrogens with one attached hydrogen (secondary N) is 2. The molecule has 9 heteroatoms. The number of benzene rings is 2. The molecule has 2 aromatic carbocycles. The third kappa shape index (κ3) is 5.06. The van der Waals surface area contributed by atoms with E-state index in [1.807, 2.05) is 24.3 Å². The first-order valence-corrected chi connectivity index (χ1v) is 7.95. The Balaban J connectivity index is 1.66. The Bertz CT molecular complexity index is 900. The molecule has 0 saturated heterocycles. The maximum atomic E-state index is 12.8. The van der Waals surface area contributed by atoms with Crippen molar-refractivity contribution in [3.05, 3.63) is 65.9 Å². The topological polar surface area (TPSA) is 72.0 Å². The molecule has 0 aliphatic carbocycles. The molecule has 3 rings (SSSR count). The molecule has 27 heavy (non-hydrogen) atoms. The van der Waals surface area contributed by atoms with Gasteiger partial charge in [0.2, 0.25) is 5.95 Å². The molecule has 6 nitrogen and oxygen atoms in total. The first-order valence-electron chi connectivity index (χ1n) is 7.95. The number of ether oxygens (including phenoxy) is 1. The van der Waals surface area contributed by atoms with E-state index in [0.717, 1.165) is 23.4 Å². The summed E-state index contributed by atoms with van der Waals surface area (Å²) >= 11 is 0. The van der Waals surface area contributed by atoms with Crippen LogP contribution in [0.5, 0.6) is 5.75 Å². The van der Waals surface area contributed by atoms with Crippen LogP contribution in [0.25, 0.3) is 0 Å². The first-order chi connectivity index (χ1) is 12.9. The van der Waals surface area contributed by atoms with Crippen LogP contribution in [0.1, 0.15) is 11.1 Å². The molecule has 0 aliphatic rings. The third-order valence-electron chi connectivity index (χ3n) is 3.63. The fourth-order valence-corrected chi connectivity index (χ4v) is 2.28. The summed E-state index contributed by atoms with van der Waals surface area (Å²) in [6.45, 7) is 0.457. The van der Waals surface area contributed by atoms with Crippen molar-refractivity contribution in [2.75, 3.05) is 17.7 Å². The number of rotatable bonds is 6. The standard InChI is InChI=1S/C18H16F3N5O/c1-27-15-7-5-12(6-8-15)10-22-17-25-16(11-23-26-17)24-14-4-2-3-13(9-14)18(19,20)21/h2-9,11H,10H2,1H3,(H2,22,24,25,26). The fourth-order valence-electron chi connectivity index (χ4n) is 2.28. The molecule has 2 N–H and O–H groups in total. The Hall–Kier alpha value is -3.36. The van der Waals surface area contributed by atoms with Gasteiger partial charge in [0.25, 0.3) is 0 Å². The smallest absolute Gasteiger partial charge is 0.416 e. The highest BCUT2D eigenvalue weighted by atomic mass is 19.4. The lowest BCUT2D eigenvalue weighted by molar-refractivity contribution is -0.137. The summed E-state index contributed by atoms with van der Waals surface area (Å²) in [4.78, 5) is 4.21. The van der Waals surface area contributed by atoms with Crippen molar-refractivity contribution in [1.82, 2.24) is 15.2 Å². The van der Waals surface area contributed by atoms with Crippen LogP contribution in [0.4, 0.5) is 30.6 Å². The van der Waals surface area contributed by atoms with Crippen LogP contribution in [0.2, 0.25) is 0 Å². The van der Waals surface area contributed by atoms with Crippen LogP contribution < -0.4 is 15.4 Å². The van der Waals surface area contributed by atoms with Gasteiger partial charge in [-0.2, -0.15) is 23.3 Å². The van der Waals surface area contributed by atoms with Gasteiger partial charge in [-0.05, 0) is 35.9 Å². The van der Waals surface area contributed by atoms with Gasteiger partial charge >= 0.3 is 6.18 Å². The zero-order valence-electron chi connectivity index (χ0n) is 14.3. The SMILES string of the molecule is COc1ccc(CNc2nncc(Nc3cccc(C(F)(F)F)c3)n2)cc1. The molecular formula is C18H16F3N5O. The molecule has 3 aromatic rings. The van der Waals surface area contributed by atoms with Gasteiger partial charge in [0.1, 0.15) is 5.75 Å². The molecule has 0 fully saturated rings. The van der Waals surface area contributed by atoms with E-state index in [2.05, 4.69) is 25.8 Å². The molecule has 1 heterocycles. The lowest BCUT2D eigenvalue weighted by atomic mass is 10.2. The van der Waals surface area contributed by atoms with Gasteiger partial charge in [0, 0.05) is 12.2 Å². The second kappa shape index (κ2) is 7.90.